The standard InChI is InChI=1S/C16H19N3O2/c1-19(12-7-9-13(21-2)10-8-12)11-16(20)18-15-6-4-3-5-14(15)17/h3-10H,11,17H2,1-2H3,(H,18,20). The molecule has 1 amide bonds. The fourth-order valence-corrected chi connectivity index (χ4v) is 1.94. The van der Waals surface area contributed by atoms with Gasteiger partial charge in [-0.1, -0.05) is 12.1 Å². The molecule has 21 heavy (non-hydrogen) atoms. The number of para-hydroxylation sites is 2. The summed E-state index contributed by atoms with van der Waals surface area (Å²) in [5.74, 6) is 0.667. The molecule has 5 heteroatoms. The average Bonchev–Trinajstić information content (AvgIpc) is 2.49. The van der Waals surface area contributed by atoms with Gasteiger partial charge in [-0.2, -0.15) is 0 Å². The van der Waals surface area contributed by atoms with E-state index < -0.39 is 0 Å². The Morgan fingerprint density at radius 2 is 1.86 bits per heavy atom. The Kier molecular flexibility index (Phi) is 4.66. The molecular weight excluding hydrogens is 266 g/mol. The normalized spacial score (nSPS) is 10.0. The molecule has 0 aromatic heterocycles. The SMILES string of the molecule is COc1ccc(N(C)CC(=O)Nc2ccccc2N)cc1. The lowest BCUT2D eigenvalue weighted by atomic mass is 10.2. The van der Waals surface area contributed by atoms with Gasteiger partial charge in [0.25, 0.3) is 0 Å². The molecule has 0 saturated heterocycles. The highest BCUT2D eigenvalue weighted by atomic mass is 16.5. The molecule has 0 bridgehead atoms. The number of likely N-dealkylation sites (N-methyl/N-ethyl adjacent to an activating group) is 1. The lowest BCUT2D eigenvalue weighted by Gasteiger charge is -2.19. The maximum Gasteiger partial charge on any atom is 0.243 e. The van der Waals surface area contributed by atoms with E-state index in [0.717, 1.165) is 11.4 Å². The second-order valence-corrected chi connectivity index (χ2v) is 4.69. The van der Waals surface area contributed by atoms with Crippen molar-refractivity contribution in [2.75, 3.05) is 36.7 Å². The largest absolute Gasteiger partial charge is 0.497 e. The number of nitrogens with zero attached hydrogens (tertiary/aromatic N) is 1. The fraction of sp³-hybridized carbons (Fsp3) is 0.188. The van der Waals surface area contributed by atoms with Crippen molar-refractivity contribution in [2.24, 2.45) is 0 Å². The number of hydrogen-bond donors (Lipinski definition) is 2. The third-order valence-corrected chi connectivity index (χ3v) is 3.13. The summed E-state index contributed by atoms with van der Waals surface area (Å²) in [6.07, 6.45) is 0. The number of nitrogen functional groups attached to an aromatic ring is 1. The van der Waals surface area contributed by atoms with E-state index >= 15 is 0 Å². The van der Waals surface area contributed by atoms with Gasteiger partial charge in [-0.3, -0.25) is 4.79 Å². The van der Waals surface area contributed by atoms with Gasteiger partial charge >= 0.3 is 0 Å². The first-order chi connectivity index (χ1) is 10.1. The van der Waals surface area contributed by atoms with Gasteiger partial charge in [-0.15, -0.1) is 0 Å². The van der Waals surface area contributed by atoms with Crippen LogP contribution in [-0.2, 0) is 4.79 Å². The highest BCUT2D eigenvalue weighted by Gasteiger charge is 2.09. The molecule has 0 radical (unpaired) electrons. The number of nitrogens with two attached hydrogens (primary N) is 1. The van der Waals surface area contributed by atoms with Gasteiger partial charge in [0.05, 0.1) is 25.0 Å². The number of carbonyl (C=O) groups excluding carboxylic acids is 1. The van der Waals surface area contributed by atoms with E-state index in [4.69, 9.17) is 10.5 Å². The van der Waals surface area contributed by atoms with Crippen molar-refractivity contribution < 1.29 is 9.53 Å². The Morgan fingerprint density at radius 3 is 2.48 bits per heavy atom. The Morgan fingerprint density at radius 1 is 1.19 bits per heavy atom. The molecule has 0 aliphatic carbocycles. The van der Waals surface area contributed by atoms with E-state index in [1.54, 1.807) is 19.2 Å². The van der Waals surface area contributed by atoms with Crippen LogP contribution < -0.4 is 20.7 Å². The maximum absolute atomic E-state index is 12.0. The molecule has 0 saturated carbocycles. The zero-order valence-corrected chi connectivity index (χ0v) is 12.2. The quantitative estimate of drug-likeness (QED) is 0.828. The van der Waals surface area contributed by atoms with Crippen molar-refractivity contribution in [1.82, 2.24) is 0 Å². The number of methoxy groups -OCH3 is 1. The van der Waals surface area contributed by atoms with Crippen molar-refractivity contribution in [3.63, 3.8) is 0 Å². The van der Waals surface area contributed by atoms with Crippen molar-refractivity contribution in [2.45, 2.75) is 0 Å². The summed E-state index contributed by atoms with van der Waals surface area (Å²) in [4.78, 5) is 13.9. The Labute approximate surface area is 124 Å². The third kappa shape index (κ3) is 3.89. The summed E-state index contributed by atoms with van der Waals surface area (Å²) in [7, 11) is 3.48. The van der Waals surface area contributed by atoms with Crippen LogP contribution in [0.5, 0.6) is 5.75 Å². The van der Waals surface area contributed by atoms with E-state index in [1.165, 1.54) is 0 Å². The number of hydrogen-bond acceptors (Lipinski definition) is 4. The molecule has 0 spiro atoms. The Balaban J connectivity index is 1.97. The predicted molar refractivity (Wildman–Crippen MR) is 85.7 cm³/mol. The van der Waals surface area contributed by atoms with E-state index in [-0.39, 0.29) is 12.5 Å². The highest BCUT2D eigenvalue weighted by molar-refractivity contribution is 5.96. The molecule has 2 aromatic rings. The summed E-state index contributed by atoms with van der Waals surface area (Å²) in [5, 5.41) is 2.80. The van der Waals surface area contributed by atoms with E-state index in [2.05, 4.69) is 5.32 Å². The molecule has 110 valence electrons. The molecule has 2 aromatic carbocycles. The van der Waals surface area contributed by atoms with Gasteiger partial charge in [0, 0.05) is 12.7 Å². The summed E-state index contributed by atoms with van der Waals surface area (Å²) in [6, 6.07) is 14.7. The molecule has 5 nitrogen and oxygen atoms in total. The van der Waals surface area contributed by atoms with Gasteiger partial charge < -0.3 is 20.7 Å². The number of carbonyl (C=O) groups is 1. The molecule has 0 aliphatic heterocycles. The summed E-state index contributed by atoms with van der Waals surface area (Å²) < 4.78 is 5.11. The van der Waals surface area contributed by atoms with Crippen LogP contribution in [0.2, 0.25) is 0 Å². The van der Waals surface area contributed by atoms with Crippen LogP contribution in [0.25, 0.3) is 0 Å². The first-order valence-electron chi connectivity index (χ1n) is 6.59. The van der Waals surface area contributed by atoms with Gasteiger partial charge in [-0.25, -0.2) is 0 Å². The minimum absolute atomic E-state index is 0.119. The summed E-state index contributed by atoms with van der Waals surface area (Å²) >= 11 is 0. The average molecular weight is 285 g/mol. The minimum atomic E-state index is -0.119. The van der Waals surface area contributed by atoms with Gasteiger partial charge in [0.15, 0.2) is 0 Å². The van der Waals surface area contributed by atoms with Crippen molar-refractivity contribution in [3.8, 4) is 5.75 Å². The van der Waals surface area contributed by atoms with E-state index in [1.807, 2.05) is 48.3 Å². The second kappa shape index (κ2) is 6.65. The van der Waals surface area contributed by atoms with Crippen LogP contribution in [0.4, 0.5) is 17.1 Å². The van der Waals surface area contributed by atoms with E-state index in [9.17, 15) is 4.79 Å². The minimum Gasteiger partial charge on any atom is -0.497 e. The molecule has 3 N–H and O–H groups in total. The molecule has 0 atom stereocenters. The predicted octanol–water partition coefficient (Wildman–Crippen LogP) is 2.35. The molecule has 0 aliphatic rings. The Hall–Kier alpha value is -2.69. The second-order valence-electron chi connectivity index (χ2n) is 4.69. The number of amides is 1. The first kappa shape index (κ1) is 14.7. The molecule has 0 heterocycles. The lowest BCUT2D eigenvalue weighted by Crippen LogP contribution is -2.30. The molecule has 0 fully saturated rings. The lowest BCUT2D eigenvalue weighted by molar-refractivity contribution is -0.114. The zero-order chi connectivity index (χ0) is 15.2. The first-order valence-corrected chi connectivity index (χ1v) is 6.59. The fourth-order valence-electron chi connectivity index (χ4n) is 1.94. The smallest absolute Gasteiger partial charge is 0.243 e. The van der Waals surface area contributed by atoms with Crippen LogP contribution in [-0.4, -0.2) is 26.6 Å². The van der Waals surface area contributed by atoms with Crippen LogP contribution in [0.3, 0.4) is 0 Å². The van der Waals surface area contributed by atoms with Crippen molar-refractivity contribution in [1.29, 1.82) is 0 Å². The summed E-state index contributed by atoms with van der Waals surface area (Å²) in [5.41, 5.74) is 7.92. The van der Waals surface area contributed by atoms with Gasteiger partial charge in [0.2, 0.25) is 5.91 Å². The number of ether oxygens (including phenoxy) is 1. The van der Waals surface area contributed by atoms with E-state index in [0.29, 0.717) is 11.4 Å². The number of nitrogens with one attached hydrogen (secondary N) is 1. The third-order valence-electron chi connectivity index (χ3n) is 3.13. The van der Waals surface area contributed by atoms with Gasteiger partial charge in [0.1, 0.15) is 5.75 Å². The van der Waals surface area contributed by atoms with Gasteiger partial charge in [-0.05, 0) is 36.4 Å². The monoisotopic (exact) mass is 285 g/mol. The molecule has 0 unspecified atom stereocenters. The molecular formula is C16H19N3O2. The van der Waals surface area contributed by atoms with Crippen LogP contribution >= 0.6 is 0 Å². The Bertz CT molecular complexity index is 611. The number of anilines is 3. The topological polar surface area (TPSA) is 67.6 Å². The molecule has 2 rings (SSSR count). The van der Waals surface area contributed by atoms with Crippen LogP contribution in [0, 0.1) is 0 Å². The number of benzene rings is 2. The number of rotatable bonds is 5. The summed E-state index contributed by atoms with van der Waals surface area (Å²) in [6.45, 7) is 0.237. The van der Waals surface area contributed by atoms with Crippen LogP contribution in [0.15, 0.2) is 48.5 Å². The van der Waals surface area contributed by atoms with Crippen LogP contribution in [0.1, 0.15) is 0 Å². The van der Waals surface area contributed by atoms with Crippen molar-refractivity contribution in [3.05, 3.63) is 48.5 Å². The zero-order valence-electron chi connectivity index (χ0n) is 12.2. The highest BCUT2D eigenvalue weighted by Crippen LogP contribution is 2.19. The maximum atomic E-state index is 12.0. The van der Waals surface area contributed by atoms with Crippen molar-refractivity contribution >= 4 is 23.0 Å².